The Balaban J connectivity index is 1.46. The molecule has 7 heteroatoms. The summed E-state index contributed by atoms with van der Waals surface area (Å²) in [4.78, 5) is 22.1. The second kappa shape index (κ2) is 8.79. The molecule has 7 nitrogen and oxygen atoms in total. The van der Waals surface area contributed by atoms with E-state index in [1.54, 1.807) is 13.4 Å². The third-order valence-corrected chi connectivity index (χ3v) is 6.46. The highest BCUT2D eigenvalue weighted by molar-refractivity contribution is 5.98. The summed E-state index contributed by atoms with van der Waals surface area (Å²) in [6.45, 7) is 5.44. The molecule has 2 aromatic heterocycles. The number of methoxy groups -OCH3 is 1. The first-order chi connectivity index (χ1) is 14.1. The van der Waals surface area contributed by atoms with Crippen LogP contribution >= 0.6 is 0 Å². The lowest BCUT2D eigenvalue weighted by Gasteiger charge is -2.35. The van der Waals surface area contributed by atoms with Gasteiger partial charge in [-0.15, -0.1) is 0 Å². The second-order valence-electron chi connectivity index (χ2n) is 8.52. The smallest absolute Gasteiger partial charge is 0.274 e. The van der Waals surface area contributed by atoms with E-state index in [1.165, 1.54) is 12.8 Å². The zero-order valence-electron chi connectivity index (χ0n) is 17.7. The molecular formula is C22H32N4O3. The number of amides is 1. The van der Waals surface area contributed by atoms with Crippen molar-refractivity contribution in [2.24, 2.45) is 11.8 Å². The summed E-state index contributed by atoms with van der Waals surface area (Å²) in [6.07, 6.45) is 8.74. The number of aryl methyl sites for hydroxylation is 1. The van der Waals surface area contributed by atoms with Crippen molar-refractivity contribution in [2.75, 3.05) is 13.7 Å². The summed E-state index contributed by atoms with van der Waals surface area (Å²) in [5, 5.41) is 3.29. The van der Waals surface area contributed by atoms with Crippen LogP contribution in [0.1, 0.15) is 67.3 Å². The lowest BCUT2D eigenvalue weighted by molar-refractivity contribution is -0.00121. The van der Waals surface area contributed by atoms with Gasteiger partial charge in [0.05, 0.1) is 18.4 Å². The quantitative estimate of drug-likeness (QED) is 0.688. The Morgan fingerprint density at radius 2 is 2.07 bits per heavy atom. The lowest BCUT2D eigenvalue weighted by atomic mass is 9.82. The highest BCUT2D eigenvalue weighted by Gasteiger charge is 2.44. The van der Waals surface area contributed by atoms with E-state index in [0.717, 1.165) is 43.7 Å². The number of fused-ring (bicyclic) bond motifs is 3. The molecule has 1 unspecified atom stereocenters. The number of hydrogen-bond acceptors (Lipinski definition) is 5. The van der Waals surface area contributed by atoms with Crippen molar-refractivity contribution >= 4 is 11.6 Å². The molecule has 2 bridgehead atoms. The van der Waals surface area contributed by atoms with E-state index >= 15 is 0 Å². The van der Waals surface area contributed by atoms with E-state index in [4.69, 9.17) is 9.47 Å². The standard InChI is InChI=1S/C22H32N4O3/c1-4-5-8-29-18-10-15-6-7-16(11-18)19(15)25-22(27)20-21-24-17(12-28-3)9-14(2)26(21)13-23-20/h9,13,15-16,18-19H,4-8,10-12H2,1-3H3,(H,25,27)/t15-,16?,18+,19+/m1/s1. The maximum Gasteiger partial charge on any atom is 0.274 e. The van der Waals surface area contributed by atoms with Crippen molar-refractivity contribution in [3.63, 3.8) is 0 Å². The second-order valence-corrected chi connectivity index (χ2v) is 8.52. The maximum atomic E-state index is 13.1. The average Bonchev–Trinajstić information content (AvgIpc) is 3.21. The molecule has 2 aliphatic rings. The number of imidazole rings is 1. The van der Waals surface area contributed by atoms with Crippen molar-refractivity contribution in [2.45, 2.75) is 71.1 Å². The Kier molecular flexibility index (Phi) is 6.15. The monoisotopic (exact) mass is 400 g/mol. The van der Waals surface area contributed by atoms with Crippen LogP contribution in [0.2, 0.25) is 0 Å². The van der Waals surface area contributed by atoms with Crippen LogP contribution in [0, 0.1) is 18.8 Å². The predicted molar refractivity (Wildman–Crippen MR) is 110 cm³/mol. The van der Waals surface area contributed by atoms with Gasteiger partial charge in [0.15, 0.2) is 11.3 Å². The first-order valence-corrected chi connectivity index (χ1v) is 10.9. The molecule has 0 saturated heterocycles. The molecule has 2 saturated carbocycles. The fraction of sp³-hybridized carbons (Fsp3) is 0.682. The van der Waals surface area contributed by atoms with Gasteiger partial charge in [0.1, 0.15) is 6.33 Å². The number of ether oxygens (including phenoxy) is 2. The van der Waals surface area contributed by atoms with Gasteiger partial charge in [-0.25, -0.2) is 9.97 Å². The Morgan fingerprint density at radius 3 is 2.76 bits per heavy atom. The fourth-order valence-electron chi connectivity index (χ4n) is 5.03. The summed E-state index contributed by atoms with van der Waals surface area (Å²) < 4.78 is 13.2. The first-order valence-electron chi connectivity index (χ1n) is 10.9. The average molecular weight is 401 g/mol. The van der Waals surface area contributed by atoms with Crippen LogP contribution in [0.4, 0.5) is 0 Å². The van der Waals surface area contributed by atoms with Crippen LogP contribution in [-0.2, 0) is 16.1 Å². The van der Waals surface area contributed by atoms with Crippen molar-refractivity contribution in [3.8, 4) is 0 Å². The normalized spacial score (nSPS) is 26.2. The first kappa shape index (κ1) is 20.3. The highest BCUT2D eigenvalue weighted by Crippen LogP contribution is 2.43. The summed E-state index contributed by atoms with van der Waals surface area (Å²) in [5.74, 6) is 0.870. The van der Waals surface area contributed by atoms with Gasteiger partial charge in [-0.2, -0.15) is 0 Å². The molecule has 0 aliphatic heterocycles. The van der Waals surface area contributed by atoms with E-state index in [2.05, 4.69) is 22.2 Å². The number of carbonyl (C=O) groups excluding carboxylic acids is 1. The van der Waals surface area contributed by atoms with Gasteiger partial charge in [0.2, 0.25) is 0 Å². The third kappa shape index (κ3) is 4.16. The van der Waals surface area contributed by atoms with Crippen LogP contribution in [0.5, 0.6) is 0 Å². The fourth-order valence-corrected chi connectivity index (χ4v) is 5.03. The molecule has 29 heavy (non-hydrogen) atoms. The molecule has 0 radical (unpaired) electrons. The summed E-state index contributed by atoms with van der Waals surface area (Å²) >= 11 is 0. The number of rotatable bonds is 8. The van der Waals surface area contributed by atoms with Gasteiger partial charge in [0.25, 0.3) is 5.91 Å². The van der Waals surface area contributed by atoms with Crippen molar-refractivity contribution in [1.82, 2.24) is 19.7 Å². The van der Waals surface area contributed by atoms with E-state index in [9.17, 15) is 4.79 Å². The molecule has 4 rings (SSSR count). The molecule has 2 heterocycles. The highest BCUT2D eigenvalue weighted by atomic mass is 16.5. The van der Waals surface area contributed by atoms with Crippen LogP contribution in [0.3, 0.4) is 0 Å². The van der Waals surface area contributed by atoms with E-state index in [1.807, 2.05) is 17.4 Å². The number of nitrogens with one attached hydrogen (secondary N) is 1. The molecule has 0 spiro atoms. The summed E-state index contributed by atoms with van der Waals surface area (Å²) in [5.41, 5.74) is 2.78. The molecule has 1 N–H and O–H groups in total. The Hall–Kier alpha value is -1.99. The number of hydrogen-bond donors (Lipinski definition) is 1. The number of nitrogens with zero attached hydrogens (tertiary/aromatic N) is 3. The van der Waals surface area contributed by atoms with Gasteiger partial charge >= 0.3 is 0 Å². The van der Waals surface area contributed by atoms with Crippen molar-refractivity contribution < 1.29 is 14.3 Å². The van der Waals surface area contributed by atoms with Crippen molar-refractivity contribution in [3.05, 3.63) is 29.5 Å². The number of carbonyl (C=O) groups is 1. The van der Waals surface area contributed by atoms with Gasteiger partial charge in [-0.1, -0.05) is 13.3 Å². The molecule has 2 aromatic rings. The Bertz CT molecular complexity index is 851. The lowest BCUT2D eigenvalue weighted by Crippen LogP contribution is -2.46. The minimum atomic E-state index is -0.124. The third-order valence-electron chi connectivity index (χ3n) is 6.46. The van der Waals surface area contributed by atoms with Gasteiger partial charge in [-0.3, -0.25) is 9.20 Å². The molecule has 2 aliphatic carbocycles. The number of aromatic nitrogens is 3. The van der Waals surface area contributed by atoms with Crippen molar-refractivity contribution in [1.29, 1.82) is 0 Å². The van der Waals surface area contributed by atoms with E-state index in [-0.39, 0.29) is 11.9 Å². The summed E-state index contributed by atoms with van der Waals surface area (Å²) in [6, 6.07) is 2.17. The molecule has 158 valence electrons. The SMILES string of the molecule is CCCCO[C@@H]1CC2CC[C@H](C1)[C@@H]2NC(=O)c1ncn2c(C)cc(COC)nc12. The predicted octanol–water partition coefficient (Wildman–Crippen LogP) is 3.29. The van der Waals surface area contributed by atoms with Crippen LogP contribution in [0.15, 0.2) is 12.4 Å². The topological polar surface area (TPSA) is 77.8 Å². The molecule has 4 atom stereocenters. The molecule has 1 amide bonds. The minimum Gasteiger partial charge on any atom is -0.378 e. The van der Waals surface area contributed by atoms with Crippen LogP contribution < -0.4 is 5.32 Å². The molecular weight excluding hydrogens is 368 g/mol. The minimum absolute atomic E-state index is 0.124. The Morgan fingerprint density at radius 1 is 1.31 bits per heavy atom. The maximum absolute atomic E-state index is 13.1. The van der Waals surface area contributed by atoms with Crippen LogP contribution in [0.25, 0.3) is 5.65 Å². The summed E-state index contributed by atoms with van der Waals surface area (Å²) in [7, 11) is 1.64. The molecule has 0 aromatic carbocycles. The van der Waals surface area contributed by atoms with Gasteiger partial charge < -0.3 is 14.8 Å². The Labute approximate surface area is 172 Å². The van der Waals surface area contributed by atoms with Gasteiger partial charge in [-0.05, 0) is 56.9 Å². The van der Waals surface area contributed by atoms with Gasteiger partial charge in [0, 0.05) is 25.5 Å². The zero-order valence-corrected chi connectivity index (χ0v) is 17.7. The molecule has 2 fully saturated rings. The van der Waals surface area contributed by atoms with E-state index < -0.39 is 0 Å². The zero-order chi connectivity index (χ0) is 20.4. The number of unbranched alkanes of at least 4 members (excludes halogenated alkanes) is 1. The van der Waals surface area contributed by atoms with Crippen LogP contribution in [-0.4, -0.2) is 46.1 Å². The van der Waals surface area contributed by atoms with E-state index in [0.29, 0.717) is 35.9 Å². The largest absolute Gasteiger partial charge is 0.378 e.